The number of benzene rings is 1. The topological polar surface area (TPSA) is 125 Å². The first kappa shape index (κ1) is 15.0. The number of imide groups is 1. The van der Waals surface area contributed by atoms with Gasteiger partial charge in [-0.3, -0.25) is 24.6 Å². The van der Waals surface area contributed by atoms with E-state index in [1.807, 2.05) is 0 Å². The second-order valence-corrected chi connectivity index (χ2v) is 5.21. The Balaban J connectivity index is 1.75. The van der Waals surface area contributed by atoms with Crippen LogP contribution in [0.4, 0.5) is 0 Å². The molecule has 0 fully saturated rings. The largest absolute Gasteiger partial charge is 0.414 e. The van der Waals surface area contributed by atoms with Crippen LogP contribution in [-0.4, -0.2) is 57.6 Å². The molecule has 0 spiro atoms. The highest BCUT2D eigenvalue weighted by molar-refractivity contribution is 6.21. The molecule has 2 aliphatic rings. The highest BCUT2D eigenvalue weighted by atomic mass is 16.6. The lowest BCUT2D eigenvalue weighted by Crippen LogP contribution is -2.43. The number of hydrogen-bond acceptors (Lipinski definition) is 7. The molecule has 9 nitrogen and oxygen atoms in total. The fraction of sp³-hybridized carbons (Fsp3) is 0.286. The maximum absolute atomic E-state index is 12.2. The zero-order valence-corrected chi connectivity index (χ0v) is 11.8. The van der Waals surface area contributed by atoms with Gasteiger partial charge in [-0.15, -0.1) is 0 Å². The minimum absolute atomic E-state index is 0.255. The van der Waals surface area contributed by atoms with Crippen LogP contribution in [0.5, 0.6) is 0 Å². The minimum atomic E-state index is -1.99. The third-order valence-electron chi connectivity index (χ3n) is 3.70. The number of rotatable bonds is 5. The third kappa shape index (κ3) is 2.40. The van der Waals surface area contributed by atoms with Crippen molar-refractivity contribution in [1.29, 1.82) is 0 Å². The van der Waals surface area contributed by atoms with Crippen LogP contribution in [0, 0.1) is 10.1 Å². The van der Waals surface area contributed by atoms with Crippen LogP contribution in [0.25, 0.3) is 0 Å². The van der Waals surface area contributed by atoms with Gasteiger partial charge in [0.15, 0.2) is 0 Å². The van der Waals surface area contributed by atoms with Crippen LogP contribution in [0.2, 0.25) is 0 Å². The molecule has 1 N–H and O–H groups in total. The average molecular weight is 316 g/mol. The van der Waals surface area contributed by atoms with Gasteiger partial charge in [0.2, 0.25) is 0 Å². The number of aliphatic hydroxyl groups is 1. The van der Waals surface area contributed by atoms with Crippen molar-refractivity contribution >= 4 is 24.2 Å². The predicted molar refractivity (Wildman–Crippen MR) is 79.1 cm³/mol. The lowest BCUT2D eigenvalue weighted by molar-refractivity contribution is -0.568. The van der Waals surface area contributed by atoms with Gasteiger partial charge in [-0.25, -0.2) is 0 Å². The number of β-amino-alcohol motifs (C(OH)–C–C–N with tert-alkyl or cyclic N) is 1. The Labute approximate surface area is 130 Å². The van der Waals surface area contributed by atoms with Crippen LogP contribution < -0.4 is 0 Å². The predicted octanol–water partition coefficient (Wildman–Crippen LogP) is 0.119. The number of carbonyl (C=O) groups excluding carboxylic acids is 2. The van der Waals surface area contributed by atoms with Crippen molar-refractivity contribution in [3.8, 4) is 0 Å². The smallest absolute Gasteiger partial charge is 0.391 e. The van der Waals surface area contributed by atoms with E-state index in [1.54, 1.807) is 12.1 Å². The fourth-order valence-corrected chi connectivity index (χ4v) is 2.61. The summed E-state index contributed by atoms with van der Waals surface area (Å²) in [5.74, 6) is -3.05. The van der Waals surface area contributed by atoms with Crippen molar-refractivity contribution < 1.29 is 19.6 Å². The van der Waals surface area contributed by atoms with Crippen LogP contribution >= 0.6 is 0 Å². The van der Waals surface area contributed by atoms with Crippen LogP contribution in [0.3, 0.4) is 0 Å². The molecule has 0 radical (unpaired) electrons. The number of aliphatic imine (C=N–C) groups is 2. The molecule has 1 aromatic rings. The van der Waals surface area contributed by atoms with Crippen molar-refractivity contribution in [2.75, 3.05) is 6.54 Å². The van der Waals surface area contributed by atoms with Crippen LogP contribution in [0.1, 0.15) is 27.1 Å². The molecule has 23 heavy (non-hydrogen) atoms. The van der Waals surface area contributed by atoms with Crippen LogP contribution in [-0.2, 0) is 0 Å². The van der Waals surface area contributed by atoms with E-state index in [1.165, 1.54) is 24.6 Å². The zero-order valence-electron chi connectivity index (χ0n) is 11.8. The van der Waals surface area contributed by atoms with Gasteiger partial charge in [-0.05, 0) is 12.1 Å². The van der Waals surface area contributed by atoms with Crippen molar-refractivity contribution in [1.82, 2.24) is 4.90 Å². The van der Waals surface area contributed by atoms with E-state index in [2.05, 4.69) is 9.98 Å². The molecule has 2 aliphatic heterocycles. The zero-order chi connectivity index (χ0) is 16.6. The first-order valence-corrected chi connectivity index (χ1v) is 6.81. The van der Waals surface area contributed by atoms with Gasteiger partial charge < -0.3 is 5.11 Å². The van der Waals surface area contributed by atoms with Gasteiger partial charge in [0, 0.05) is 12.4 Å². The van der Waals surface area contributed by atoms with Gasteiger partial charge in [0.05, 0.1) is 35.1 Å². The number of aliphatic hydroxyl groups excluding tert-OH is 1. The van der Waals surface area contributed by atoms with E-state index in [0.29, 0.717) is 0 Å². The Hall–Kier alpha value is -2.94. The Morgan fingerprint density at radius 1 is 1.17 bits per heavy atom. The average Bonchev–Trinajstić information content (AvgIpc) is 3.08. The van der Waals surface area contributed by atoms with Gasteiger partial charge in [-0.1, -0.05) is 12.1 Å². The molecule has 118 valence electrons. The van der Waals surface area contributed by atoms with E-state index in [4.69, 9.17) is 0 Å². The van der Waals surface area contributed by atoms with E-state index in [-0.39, 0.29) is 17.7 Å². The second kappa shape index (κ2) is 5.36. The number of carbonyl (C=O) groups is 2. The molecule has 1 atom stereocenters. The monoisotopic (exact) mass is 316 g/mol. The molecule has 1 aromatic carbocycles. The molecule has 0 bridgehead atoms. The third-order valence-corrected chi connectivity index (χ3v) is 3.70. The summed E-state index contributed by atoms with van der Waals surface area (Å²) in [5.41, 5.74) is 0.510. The van der Waals surface area contributed by atoms with E-state index in [0.717, 1.165) is 4.90 Å². The Morgan fingerprint density at radius 2 is 1.70 bits per heavy atom. The van der Waals surface area contributed by atoms with Gasteiger partial charge in [0.25, 0.3) is 11.8 Å². The van der Waals surface area contributed by atoms with Gasteiger partial charge in [-0.2, -0.15) is 9.98 Å². The first-order chi connectivity index (χ1) is 10.9. The maximum atomic E-state index is 12.2. The Morgan fingerprint density at radius 3 is 2.17 bits per heavy atom. The quantitative estimate of drug-likeness (QED) is 0.469. The summed E-state index contributed by atoms with van der Waals surface area (Å²) in [5, 5.41) is 21.2. The van der Waals surface area contributed by atoms with Gasteiger partial charge >= 0.3 is 5.79 Å². The number of nitrogens with zero attached hydrogens (tertiary/aromatic N) is 4. The Kier molecular flexibility index (Phi) is 3.49. The molecule has 0 saturated heterocycles. The highest BCUT2D eigenvalue weighted by Crippen LogP contribution is 2.26. The normalized spacial score (nSPS) is 19.3. The summed E-state index contributed by atoms with van der Waals surface area (Å²) in [6.45, 7) is -0.354. The first-order valence-electron chi connectivity index (χ1n) is 6.81. The second-order valence-electron chi connectivity index (χ2n) is 5.21. The molecule has 2 heterocycles. The standard InChI is InChI=1S/C14H12N4O5/c19-9(7-14(18(22)23)15-5-6-16-14)8-17-12(20)10-3-1-2-4-11(10)13(17)21/h1-6,9,19H,7-8H2/t9-/m1/s1. The molecule has 0 unspecified atom stereocenters. The summed E-state index contributed by atoms with van der Waals surface area (Å²) in [6.07, 6.45) is 0.602. The number of nitro groups is 1. The number of amides is 2. The molecule has 0 aliphatic carbocycles. The summed E-state index contributed by atoms with van der Waals surface area (Å²) in [6, 6.07) is 6.30. The maximum Gasteiger partial charge on any atom is 0.414 e. The lowest BCUT2D eigenvalue weighted by Gasteiger charge is -2.21. The van der Waals surface area contributed by atoms with Crippen molar-refractivity contribution in [3.05, 3.63) is 45.5 Å². The number of fused-ring (bicyclic) bond motifs is 1. The van der Waals surface area contributed by atoms with Crippen LogP contribution in [0.15, 0.2) is 34.3 Å². The summed E-state index contributed by atoms with van der Waals surface area (Å²) < 4.78 is 0. The summed E-state index contributed by atoms with van der Waals surface area (Å²) in [4.78, 5) is 43.0. The van der Waals surface area contributed by atoms with E-state index >= 15 is 0 Å². The molecule has 2 amide bonds. The molecule has 3 rings (SSSR count). The van der Waals surface area contributed by atoms with E-state index in [9.17, 15) is 24.8 Å². The lowest BCUT2D eigenvalue weighted by atomic mass is 10.1. The van der Waals surface area contributed by atoms with Crippen molar-refractivity contribution in [2.24, 2.45) is 9.98 Å². The fourth-order valence-electron chi connectivity index (χ4n) is 2.61. The van der Waals surface area contributed by atoms with Crippen molar-refractivity contribution in [3.63, 3.8) is 0 Å². The SMILES string of the molecule is O=C1c2ccccc2C(=O)N1C[C@H](O)CC1([N+](=O)[O-])N=CC=N1. The summed E-state index contributed by atoms with van der Waals surface area (Å²) >= 11 is 0. The highest BCUT2D eigenvalue weighted by Gasteiger charge is 2.46. The van der Waals surface area contributed by atoms with Gasteiger partial charge in [0.1, 0.15) is 0 Å². The molecular formula is C14H12N4O5. The number of hydrogen-bond donors (Lipinski definition) is 1. The molecule has 9 heteroatoms. The molecule has 0 saturated carbocycles. The molecule has 0 aromatic heterocycles. The minimum Gasteiger partial charge on any atom is -0.391 e. The van der Waals surface area contributed by atoms with Crippen molar-refractivity contribution in [2.45, 2.75) is 18.3 Å². The Bertz CT molecular complexity index is 710. The molecular weight excluding hydrogens is 304 g/mol. The van der Waals surface area contributed by atoms with E-state index < -0.39 is 35.0 Å². The summed E-state index contributed by atoms with van der Waals surface area (Å²) in [7, 11) is 0.